The average molecular weight is 227 g/mol. The molecule has 16 heavy (non-hydrogen) atoms. The topological polar surface area (TPSA) is 30.5 Å². The van der Waals surface area contributed by atoms with E-state index in [1.807, 2.05) is 0 Å². The summed E-state index contributed by atoms with van der Waals surface area (Å²) in [4.78, 5) is 0. The molecule has 0 aromatic carbocycles. The Morgan fingerprint density at radius 3 is 2.81 bits per heavy atom. The second kappa shape index (κ2) is 6.58. The Morgan fingerprint density at radius 2 is 2.06 bits per heavy atom. The van der Waals surface area contributed by atoms with Gasteiger partial charge in [-0.25, -0.2) is 0 Å². The molecule has 3 unspecified atom stereocenters. The molecule has 0 bridgehead atoms. The third kappa shape index (κ3) is 3.44. The Morgan fingerprint density at radius 1 is 1.19 bits per heavy atom. The number of ether oxygens (including phenoxy) is 2. The Bertz CT molecular complexity index is 190. The van der Waals surface area contributed by atoms with Crippen LogP contribution >= 0.6 is 0 Å². The molecule has 1 aliphatic carbocycles. The normalized spacial score (nSPS) is 35.4. The molecule has 0 spiro atoms. The van der Waals surface area contributed by atoms with E-state index in [4.69, 9.17) is 9.47 Å². The van der Waals surface area contributed by atoms with Crippen molar-refractivity contribution in [3.63, 3.8) is 0 Å². The second-order valence-corrected chi connectivity index (χ2v) is 4.96. The van der Waals surface area contributed by atoms with E-state index in [0.717, 1.165) is 19.8 Å². The third-order valence-electron chi connectivity index (χ3n) is 3.69. The summed E-state index contributed by atoms with van der Waals surface area (Å²) < 4.78 is 11.6. The summed E-state index contributed by atoms with van der Waals surface area (Å²) in [7, 11) is 0. The van der Waals surface area contributed by atoms with Gasteiger partial charge in [-0.3, -0.25) is 0 Å². The van der Waals surface area contributed by atoms with Gasteiger partial charge in [0.2, 0.25) is 0 Å². The van der Waals surface area contributed by atoms with Crippen molar-refractivity contribution in [2.24, 2.45) is 0 Å². The van der Waals surface area contributed by atoms with Crippen LogP contribution in [0.1, 0.15) is 45.4 Å². The minimum Gasteiger partial charge on any atom is -0.376 e. The summed E-state index contributed by atoms with van der Waals surface area (Å²) in [6.07, 6.45) is 8.31. The van der Waals surface area contributed by atoms with Crippen LogP contribution in [0, 0.1) is 0 Å². The maximum Gasteiger partial charge on any atom is 0.0809 e. The van der Waals surface area contributed by atoms with E-state index in [-0.39, 0.29) is 0 Å². The van der Waals surface area contributed by atoms with Crippen LogP contribution in [-0.4, -0.2) is 38.0 Å². The number of hydrogen-bond acceptors (Lipinski definition) is 3. The predicted octanol–water partition coefficient (Wildman–Crippen LogP) is 2.10. The van der Waals surface area contributed by atoms with Gasteiger partial charge in [-0.05, 0) is 32.2 Å². The van der Waals surface area contributed by atoms with E-state index in [1.54, 1.807) is 0 Å². The second-order valence-electron chi connectivity index (χ2n) is 4.96. The highest BCUT2D eigenvalue weighted by molar-refractivity contribution is 4.82. The predicted molar refractivity (Wildman–Crippen MR) is 64.6 cm³/mol. The zero-order valence-electron chi connectivity index (χ0n) is 10.4. The van der Waals surface area contributed by atoms with Crippen LogP contribution in [0.5, 0.6) is 0 Å². The molecule has 1 N–H and O–H groups in total. The van der Waals surface area contributed by atoms with Gasteiger partial charge in [-0.2, -0.15) is 0 Å². The molecule has 1 heterocycles. The first kappa shape index (κ1) is 12.3. The van der Waals surface area contributed by atoms with Gasteiger partial charge >= 0.3 is 0 Å². The summed E-state index contributed by atoms with van der Waals surface area (Å²) in [6.45, 7) is 4.94. The minimum absolute atomic E-state index is 0.365. The number of hydrogen-bond donors (Lipinski definition) is 1. The molecule has 1 saturated carbocycles. The van der Waals surface area contributed by atoms with Crippen molar-refractivity contribution in [2.45, 2.75) is 63.7 Å². The fourth-order valence-corrected chi connectivity index (χ4v) is 2.80. The molecule has 1 aliphatic heterocycles. The van der Waals surface area contributed by atoms with E-state index in [9.17, 15) is 0 Å². The van der Waals surface area contributed by atoms with E-state index in [1.165, 1.54) is 38.5 Å². The van der Waals surface area contributed by atoms with E-state index < -0.39 is 0 Å². The van der Waals surface area contributed by atoms with Crippen molar-refractivity contribution >= 4 is 0 Å². The van der Waals surface area contributed by atoms with Crippen LogP contribution in [0.25, 0.3) is 0 Å². The lowest BCUT2D eigenvalue weighted by molar-refractivity contribution is -0.0450. The van der Waals surface area contributed by atoms with Gasteiger partial charge in [0, 0.05) is 12.6 Å². The maximum atomic E-state index is 6.04. The van der Waals surface area contributed by atoms with Crippen molar-refractivity contribution in [3.8, 4) is 0 Å². The highest BCUT2D eigenvalue weighted by Gasteiger charge is 2.26. The minimum atomic E-state index is 0.365. The molecule has 94 valence electrons. The molecule has 3 atom stereocenters. The molecule has 0 aromatic heterocycles. The van der Waals surface area contributed by atoms with Crippen LogP contribution < -0.4 is 5.32 Å². The van der Waals surface area contributed by atoms with Crippen molar-refractivity contribution in [1.82, 2.24) is 5.32 Å². The maximum absolute atomic E-state index is 6.04. The Labute approximate surface area is 98.9 Å². The van der Waals surface area contributed by atoms with Crippen LogP contribution in [0.15, 0.2) is 0 Å². The molecular weight excluding hydrogens is 202 g/mol. The third-order valence-corrected chi connectivity index (χ3v) is 3.69. The lowest BCUT2D eigenvalue weighted by Gasteiger charge is -2.32. The number of likely N-dealkylation sites (N-methyl/N-ethyl adjacent to an activating group) is 1. The molecule has 2 aliphatic rings. The number of rotatable bonds is 5. The first-order chi connectivity index (χ1) is 7.90. The molecule has 1 saturated heterocycles. The highest BCUT2D eigenvalue weighted by Crippen LogP contribution is 2.22. The zero-order valence-corrected chi connectivity index (χ0v) is 10.4. The van der Waals surface area contributed by atoms with Gasteiger partial charge in [0.15, 0.2) is 0 Å². The van der Waals surface area contributed by atoms with E-state index in [0.29, 0.717) is 18.2 Å². The smallest absolute Gasteiger partial charge is 0.0809 e. The molecule has 2 rings (SSSR count). The Balaban J connectivity index is 1.72. The molecule has 3 heteroatoms. The molecule has 2 fully saturated rings. The standard InChI is InChI=1S/C13H25NO2/c1-2-14-12-7-3-4-8-13(12)16-10-11-6-5-9-15-11/h11-14H,2-10H2,1H3. The molecule has 0 aromatic rings. The summed E-state index contributed by atoms with van der Waals surface area (Å²) in [5.41, 5.74) is 0. The van der Waals surface area contributed by atoms with Crippen LogP contribution in [0.2, 0.25) is 0 Å². The van der Waals surface area contributed by atoms with Crippen LogP contribution in [-0.2, 0) is 9.47 Å². The van der Waals surface area contributed by atoms with Gasteiger partial charge in [0.25, 0.3) is 0 Å². The lowest BCUT2D eigenvalue weighted by Crippen LogP contribution is -2.44. The van der Waals surface area contributed by atoms with Gasteiger partial charge in [0.1, 0.15) is 0 Å². The van der Waals surface area contributed by atoms with Crippen molar-refractivity contribution < 1.29 is 9.47 Å². The van der Waals surface area contributed by atoms with E-state index in [2.05, 4.69) is 12.2 Å². The molecule has 0 amide bonds. The first-order valence-corrected chi connectivity index (χ1v) is 6.86. The van der Waals surface area contributed by atoms with Crippen molar-refractivity contribution in [3.05, 3.63) is 0 Å². The largest absolute Gasteiger partial charge is 0.376 e. The molecular formula is C13H25NO2. The Kier molecular flexibility index (Phi) is 5.07. The SMILES string of the molecule is CCNC1CCCCC1OCC1CCCO1. The summed E-state index contributed by atoms with van der Waals surface area (Å²) >= 11 is 0. The Hall–Kier alpha value is -0.120. The van der Waals surface area contributed by atoms with Gasteiger partial charge < -0.3 is 14.8 Å². The quantitative estimate of drug-likeness (QED) is 0.780. The molecule has 0 radical (unpaired) electrons. The van der Waals surface area contributed by atoms with Crippen molar-refractivity contribution in [1.29, 1.82) is 0 Å². The summed E-state index contributed by atoms with van der Waals surface area (Å²) in [6, 6.07) is 0.570. The van der Waals surface area contributed by atoms with Crippen LogP contribution in [0.4, 0.5) is 0 Å². The van der Waals surface area contributed by atoms with Crippen molar-refractivity contribution in [2.75, 3.05) is 19.8 Å². The summed E-state index contributed by atoms with van der Waals surface area (Å²) in [5, 5.41) is 3.54. The first-order valence-electron chi connectivity index (χ1n) is 6.86. The summed E-state index contributed by atoms with van der Waals surface area (Å²) in [5.74, 6) is 0. The van der Waals surface area contributed by atoms with Crippen LogP contribution in [0.3, 0.4) is 0 Å². The van der Waals surface area contributed by atoms with E-state index >= 15 is 0 Å². The van der Waals surface area contributed by atoms with Gasteiger partial charge in [-0.15, -0.1) is 0 Å². The van der Waals surface area contributed by atoms with Gasteiger partial charge in [-0.1, -0.05) is 19.8 Å². The fraction of sp³-hybridized carbons (Fsp3) is 1.00. The number of nitrogens with one attached hydrogen (secondary N) is 1. The zero-order chi connectivity index (χ0) is 11.2. The lowest BCUT2D eigenvalue weighted by atomic mass is 9.92. The fourth-order valence-electron chi connectivity index (χ4n) is 2.80. The monoisotopic (exact) mass is 227 g/mol. The highest BCUT2D eigenvalue weighted by atomic mass is 16.5. The molecule has 3 nitrogen and oxygen atoms in total. The van der Waals surface area contributed by atoms with Gasteiger partial charge in [0.05, 0.1) is 18.8 Å². The average Bonchev–Trinajstić information content (AvgIpc) is 2.81.